The Morgan fingerprint density at radius 3 is 2.75 bits per heavy atom. The summed E-state index contributed by atoms with van der Waals surface area (Å²) in [5.74, 6) is 1.00. The minimum atomic E-state index is -0.170. The summed E-state index contributed by atoms with van der Waals surface area (Å²) in [6, 6.07) is 0. The Balaban J connectivity index is 2.31. The van der Waals surface area contributed by atoms with E-state index in [1.165, 1.54) is 6.92 Å². The maximum absolute atomic E-state index is 10.6. The van der Waals surface area contributed by atoms with Gasteiger partial charge in [0.1, 0.15) is 0 Å². The third-order valence-corrected chi connectivity index (χ3v) is 2.42. The van der Waals surface area contributed by atoms with Crippen molar-refractivity contribution >= 4 is 5.97 Å². The zero-order valence-corrected chi connectivity index (χ0v) is 7.75. The highest BCUT2D eigenvalue weighted by Gasteiger charge is 2.18. The predicted molar refractivity (Wildman–Crippen MR) is 47.7 cm³/mol. The Morgan fingerprint density at radius 2 is 2.17 bits per heavy atom. The van der Waals surface area contributed by atoms with Crippen molar-refractivity contribution in [3.63, 3.8) is 0 Å². The molecule has 0 aliphatic heterocycles. The second kappa shape index (κ2) is 4.29. The molecule has 0 amide bonds. The summed E-state index contributed by atoms with van der Waals surface area (Å²) in [4.78, 5) is 10.6. The first-order valence-corrected chi connectivity index (χ1v) is 4.48. The third kappa shape index (κ3) is 2.68. The fourth-order valence-corrected chi connectivity index (χ4v) is 1.46. The lowest BCUT2D eigenvalue weighted by Gasteiger charge is -2.24. The van der Waals surface area contributed by atoms with Crippen LogP contribution in [0.5, 0.6) is 0 Å². The van der Waals surface area contributed by atoms with Crippen molar-refractivity contribution < 1.29 is 9.53 Å². The molecule has 0 aromatic heterocycles. The van der Waals surface area contributed by atoms with Crippen LogP contribution in [0.3, 0.4) is 0 Å². The van der Waals surface area contributed by atoms with Gasteiger partial charge in [-0.3, -0.25) is 4.79 Å². The van der Waals surface area contributed by atoms with Gasteiger partial charge in [-0.15, -0.1) is 0 Å². The maximum Gasteiger partial charge on any atom is 0.302 e. The zero-order chi connectivity index (χ0) is 8.97. The molecule has 0 unspecified atom stereocenters. The lowest BCUT2D eigenvalue weighted by molar-refractivity contribution is -0.142. The Labute approximate surface area is 73.6 Å². The van der Waals surface area contributed by atoms with Crippen LogP contribution in [0.25, 0.3) is 0 Å². The lowest BCUT2D eigenvalue weighted by Crippen LogP contribution is -2.20. The van der Waals surface area contributed by atoms with Crippen LogP contribution in [-0.2, 0) is 9.53 Å². The lowest BCUT2D eigenvalue weighted by atomic mass is 9.85. The molecular formula is C10H16O2. The zero-order valence-electron chi connectivity index (χ0n) is 7.75. The molecule has 12 heavy (non-hydrogen) atoms. The minimum absolute atomic E-state index is 0.170. The predicted octanol–water partition coefficient (Wildman–Crippen LogP) is 2.15. The highest BCUT2D eigenvalue weighted by Crippen LogP contribution is 2.24. The van der Waals surface area contributed by atoms with Crippen LogP contribution in [0.1, 0.15) is 26.7 Å². The molecule has 0 aromatic rings. The number of allylic oxidation sites excluding steroid dienone is 2. The van der Waals surface area contributed by atoms with E-state index in [0.717, 1.165) is 12.8 Å². The van der Waals surface area contributed by atoms with Crippen molar-refractivity contribution in [1.82, 2.24) is 0 Å². The van der Waals surface area contributed by atoms with Gasteiger partial charge in [-0.2, -0.15) is 0 Å². The molecule has 0 N–H and O–H groups in total. The second-order valence-electron chi connectivity index (χ2n) is 3.48. The maximum atomic E-state index is 10.6. The van der Waals surface area contributed by atoms with E-state index in [2.05, 4.69) is 19.1 Å². The fraction of sp³-hybridized carbons (Fsp3) is 0.700. The Morgan fingerprint density at radius 1 is 1.50 bits per heavy atom. The van der Waals surface area contributed by atoms with Gasteiger partial charge in [0.05, 0.1) is 6.61 Å². The first kappa shape index (κ1) is 9.30. The average Bonchev–Trinajstić information content (AvgIpc) is 2.03. The van der Waals surface area contributed by atoms with Gasteiger partial charge in [-0.05, 0) is 24.7 Å². The van der Waals surface area contributed by atoms with E-state index in [1.807, 2.05) is 0 Å². The first-order valence-electron chi connectivity index (χ1n) is 4.48. The van der Waals surface area contributed by atoms with Crippen LogP contribution >= 0.6 is 0 Å². The van der Waals surface area contributed by atoms with Gasteiger partial charge in [0.15, 0.2) is 0 Å². The van der Waals surface area contributed by atoms with Crippen LogP contribution in [-0.4, -0.2) is 12.6 Å². The quantitative estimate of drug-likeness (QED) is 0.466. The summed E-state index contributed by atoms with van der Waals surface area (Å²) >= 11 is 0. The number of rotatable bonds is 2. The molecule has 0 aromatic carbocycles. The molecule has 0 radical (unpaired) electrons. The van der Waals surface area contributed by atoms with Gasteiger partial charge in [0.25, 0.3) is 0 Å². The highest BCUT2D eigenvalue weighted by atomic mass is 16.5. The molecule has 1 rings (SSSR count). The van der Waals surface area contributed by atoms with E-state index in [-0.39, 0.29) is 5.97 Å². The number of ether oxygens (including phenoxy) is 1. The normalized spacial score (nSPS) is 28.5. The summed E-state index contributed by atoms with van der Waals surface area (Å²) in [6.45, 7) is 4.25. The van der Waals surface area contributed by atoms with Crippen molar-refractivity contribution in [3.05, 3.63) is 12.2 Å². The number of carbonyl (C=O) groups is 1. The summed E-state index contributed by atoms with van der Waals surface area (Å²) in [6.07, 6.45) is 6.55. The van der Waals surface area contributed by atoms with Gasteiger partial charge in [0, 0.05) is 6.92 Å². The topological polar surface area (TPSA) is 26.3 Å². The van der Waals surface area contributed by atoms with Crippen LogP contribution in [0.2, 0.25) is 0 Å². The number of hydrogen-bond acceptors (Lipinski definition) is 2. The van der Waals surface area contributed by atoms with Gasteiger partial charge in [-0.1, -0.05) is 19.1 Å². The van der Waals surface area contributed by atoms with E-state index >= 15 is 0 Å². The number of esters is 1. The largest absolute Gasteiger partial charge is 0.466 e. The smallest absolute Gasteiger partial charge is 0.302 e. The Hall–Kier alpha value is -0.790. The minimum Gasteiger partial charge on any atom is -0.466 e. The van der Waals surface area contributed by atoms with Crippen molar-refractivity contribution in [2.45, 2.75) is 26.7 Å². The molecule has 0 saturated heterocycles. The molecule has 0 bridgehead atoms. The standard InChI is InChI=1S/C10H16O2/c1-8-5-3-4-6-10(8)7-12-9(2)11/h3-4,8,10H,5-7H2,1-2H3/t8-,10+/m0/s1. The number of carbonyl (C=O) groups excluding carboxylic acids is 1. The number of hydrogen-bond donors (Lipinski definition) is 0. The molecule has 2 heteroatoms. The molecule has 0 spiro atoms. The van der Waals surface area contributed by atoms with Crippen molar-refractivity contribution in [1.29, 1.82) is 0 Å². The summed E-state index contributed by atoms with van der Waals surface area (Å²) < 4.78 is 4.98. The molecule has 1 aliphatic rings. The van der Waals surface area contributed by atoms with Crippen LogP contribution in [0.4, 0.5) is 0 Å². The van der Waals surface area contributed by atoms with Gasteiger partial charge in [0.2, 0.25) is 0 Å². The van der Waals surface area contributed by atoms with Crippen molar-refractivity contribution in [2.75, 3.05) is 6.61 Å². The Bertz CT molecular complexity index is 184. The molecule has 2 nitrogen and oxygen atoms in total. The molecule has 68 valence electrons. The molecule has 0 fully saturated rings. The van der Waals surface area contributed by atoms with Gasteiger partial charge in [-0.25, -0.2) is 0 Å². The molecule has 0 saturated carbocycles. The summed E-state index contributed by atoms with van der Waals surface area (Å²) in [5, 5.41) is 0. The Kier molecular flexibility index (Phi) is 3.32. The highest BCUT2D eigenvalue weighted by molar-refractivity contribution is 5.65. The fourth-order valence-electron chi connectivity index (χ4n) is 1.46. The summed E-state index contributed by atoms with van der Waals surface area (Å²) in [5.41, 5.74) is 0. The molecular weight excluding hydrogens is 152 g/mol. The SMILES string of the molecule is CC(=O)OC[C@H]1CC=CC[C@@H]1C. The van der Waals surface area contributed by atoms with E-state index < -0.39 is 0 Å². The van der Waals surface area contributed by atoms with Crippen LogP contribution in [0.15, 0.2) is 12.2 Å². The van der Waals surface area contributed by atoms with Crippen LogP contribution < -0.4 is 0 Å². The van der Waals surface area contributed by atoms with Crippen molar-refractivity contribution in [2.24, 2.45) is 11.8 Å². The molecule has 2 atom stereocenters. The van der Waals surface area contributed by atoms with E-state index in [1.54, 1.807) is 0 Å². The monoisotopic (exact) mass is 168 g/mol. The second-order valence-corrected chi connectivity index (χ2v) is 3.48. The van der Waals surface area contributed by atoms with E-state index in [9.17, 15) is 4.79 Å². The molecule has 1 aliphatic carbocycles. The first-order chi connectivity index (χ1) is 5.70. The molecule has 0 heterocycles. The van der Waals surface area contributed by atoms with Crippen molar-refractivity contribution in [3.8, 4) is 0 Å². The van der Waals surface area contributed by atoms with Gasteiger partial charge < -0.3 is 4.74 Å². The van der Waals surface area contributed by atoms with Crippen LogP contribution in [0, 0.1) is 11.8 Å². The van der Waals surface area contributed by atoms with E-state index in [4.69, 9.17) is 4.74 Å². The summed E-state index contributed by atoms with van der Waals surface area (Å²) in [7, 11) is 0. The van der Waals surface area contributed by atoms with E-state index in [0.29, 0.717) is 18.4 Å². The van der Waals surface area contributed by atoms with Gasteiger partial charge >= 0.3 is 5.97 Å². The average molecular weight is 168 g/mol. The third-order valence-electron chi connectivity index (χ3n) is 2.42.